The second-order valence-electron chi connectivity index (χ2n) is 5.93. The number of hydrogen-bond donors (Lipinski definition) is 1. The number of morpholine rings is 1. The molecule has 0 unspecified atom stereocenters. The molecule has 7 heteroatoms. The van der Waals surface area contributed by atoms with E-state index in [0.29, 0.717) is 17.1 Å². The molecule has 1 N–H and O–H groups in total. The number of ether oxygens (including phenoxy) is 3. The predicted molar refractivity (Wildman–Crippen MR) is 104 cm³/mol. The number of methoxy groups -OCH3 is 2. The maximum absolute atomic E-state index is 12.3. The summed E-state index contributed by atoms with van der Waals surface area (Å²) in [7, 11) is 3.14. The number of hydrazone groups is 1. The van der Waals surface area contributed by atoms with E-state index in [4.69, 9.17) is 14.2 Å². The third kappa shape index (κ3) is 4.57. The Kier molecular flexibility index (Phi) is 6.27. The van der Waals surface area contributed by atoms with Crippen molar-refractivity contribution in [1.29, 1.82) is 0 Å². The van der Waals surface area contributed by atoms with Gasteiger partial charge in [-0.1, -0.05) is 12.1 Å². The van der Waals surface area contributed by atoms with Crippen LogP contribution >= 0.6 is 0 Å². The first-order valence-corrected chi connectivity index (χ1v) is 8.70. The van der Waals surface area contributed by atoms with Crippen LogP contribution in [0.25, 0.3) is 0 Å². The summed E-state index contributed by atoms with van der Waals surface area (Å²) in [5.74, 6) is 0.847. The van der Waals surface area contributed by atoms with Crippen molar-refractivity contribution < 1.29 is 19.0 Å². The number of amides is 1. The molecular formula is C20H23N3O4. The van der Waals surface area contributed by atoms with Crippen LogP contribution in [0.5, 0.6) is 11.5 Å². The number of nitrogens with zero attached hydrogens (tertiary/aromatic N) is 2. The molecule has 27 heavy (non-hydrogen) atoms. The van der Waals surface area contributed by atoms with Crippen LogP contribution in [0.4, 0.5) is 5.69 Å². The van der Waals surface area contributed by atoms with Gasteiger partial charge in [0.1, 0.15) is 11.5 Å². The average molecular weight is 369 g/mol. The lowest BCUT2D eigenvalue weighted by Gasteiger charge is -2.29. The van der Waals surface area contributed by atoms with Crippen molar-refractivity contribution in [1.82, 2.24) is 5.43 Å². The summed E-state index contributed by atoms with van der Waals surface area (Å²) in [6.07, 6.45) is 1.56. The third-order valence-corrected chi connectivity index (χ3v) is 4.31. The van der Waals surface area contributed by atoms with Crippen LogP contribution in [-0.4, -0.2) is 52.6 Å². The SMILES string of the molecule is COc1cc(N2CCOCC2)ccc1/C=N\NC(=O)c1ccccc1OC. The molecule has 7 nitrogen and oxygen atoms in total. The van der Waals surface area contributed by atoms with Gasteiger partial charge < -0.3 is 19.1 Å². The van der Waals surface area contributed by atoms with E-state index < -0.39 is 0 Å². The number of carbonyl (C=O) groups excluding carboxylic acids is 1. The largest absolute Gasteiger partial charge is 0.496 e. The summed E-state index contributed by atoms with van der Waals surface area (Å²) in [5, 5.41) is 4.05. The predicted octanol–water partition coefficient (Wildman–Crippen LogP) is 2.30. The zero-order chi connectivity index (χ0) is 19.1. The fourth-order valence-corrected chi connectivity index (χ4v) is 2.88. The van der Waals surface area contributed by atoms with E-state index in [0.717, 1.165) is 37.6 Å². The molecule has 1 fully saturated rings. The summed E-state index contributed by atoms with van der Waals surface area (Å²) in [5.41, 5.74) is 4.79. The average Bonchev–Trinajstić information content (AvgIpc) is 2.74. The van der Waals surface area contributed by atoms with Crippen LogP contribution in [0.1, 0.15) is 15.9 Å². The molecule has 1 heterocycles. The second kappa shape index (κ2) is 9.05. The first-order valence-electron chi connectivity index (χ1n) is 8.70. The Bertz CT molecular complexity index is 817. The molecule has 2 aromatic rings. The van der Waals surface area contributed by atoms with E-state index in [1.807, 2.05) is 18.2 Å². The van der Waals surface area contributed by atoms with Gasteiger partial charge in [0, 0.05) is 30.4 Å². The Balaban J connectivity index is 1.70. The van der Waals surface area contributed by atoms with Crippen LogP contribution in [0, 0.1) is 0 Å². The van der Waals surface area contributed by atoms with Gasteiger partial charge in [0.15, 0.2) is 0 Å². The van der Waals surface area contributed by atoms with E-state index >= 15 is 0 Å². The van der Waals surface area contributed by atoms with Gasteiger partial charge in [-0.15, -0.1) is 0 Å². The van der Waals surface area contributed by atoms with Crippen molar-refractivity contribution in [2.24, 2.45) is 5.10 Å². The molecule has 3 rings (SSSR count). The molecule has 0 atom stereocenters. The molecule has 0 spiro atoms. The molecule has 0 aliphatic carbocycles. The van der Waals surface area contributed by atoms with Crippen LogP contribution in [0.3, 0.4) is 0 Å². The minimum Gasteiger partial charge on any atom is -0.496 e. The highest BCUT2D eigenvalue weighted by Gasteiger charge is 2.13. The lowest BCUT2D eigenvalue weighted by molar-refractivity contribution is 0.0952. The summed E-state index contributed by atoms with van der Waals surface area (Å²) < 4.78 is 16.1. The molecule has 0 saturated carbocycles. The van der Waals surface area contributed by atoms with Gasteiger partial charge in [0.25, 0.3) is 5.91 Å². The molecule has 1 amide bonds. The number of anilines is 1. The highest BCUT2D eigenvalue weighted by molar-refractivity contribution is 5.97. The van der Waals surface area contributed by atoms with E-state index in [-0.39, 0.29) is 5.91 Å². The van der Waals surface area contributed by atoms with E-state index in [1.54, 1.807) is 37.6 Å². The standard InChI is InChI=1S/C20H23N3O4/c1-25-18-6-4-3-5-17(18)20(24)22-21-14-15-7-8-16(13-19(15)26-2)23-9-11-27-12-10-23/h3-8,13-14H,9-12H2,1-2H3,(H,22,24)/b21-14-. The van der Waals surface area contributed by atoms with Gasteiger partial charge in [-0.05, 0) is 24.3 Å². The molecule has 0 radical (unpaired) electrons. The highest BCUT2D eigenvalue weighted by atomic mass is 16.5. The molecule has 0 bridgehead atoms. The van der Waals surface area contributed by atoms with Crippen molar-refractivity contribution in [2.45, 2.75) is 0 Å². The fraction of sp³-hybridized carbons (Fsp3) is 0.300. The Hall–Kier alpha value is -3.06. The Morgan fingerprint density at radius 2 is 1.85 bits per heavy atom. The van der Waals surface area contributed by atoms with E-state index in [1.165, 1.54) is 7.11 Å². The van der Waals surface area contributed by atoms with Crippen LogP contribution in [-0.2, 0) is 4.74 Å². The molecule has 1 aliphatic heterocycles. The molecule has 1 saturated heterocycles. The maximum atomic E-state index is 12.3. The quantitative estimate of drug-likeness (QED) is 0.625. The van der Waals surface area contributed by atoms with Crippen molar-refractivity contribution in [3.05, 3.63) is 53.6 Å². The van der Waals surface area contributed by atoms with E-state index in [9.17, 15) is 4.79 Å². The van der Waals surface area contributed by atoms with E-state index in [2.05, 4.69) is 15.4 Å². The molecule has 1 aliphatic rings. The van der Waals surface area contributed by atoms with Gasteiger partial charge in [-0.3, -0.25) is 4.79 Å². The third-order valence-electron chi connectivity index (χ3n) is 4.31. The van der Waals surface area contributed by atoms with Crippen LogP contribution in [0.15, 0.2) is 47.6 Å². The number of rotatable bonds is 6. The normalized spacial score (nSPS) is 14.2. The lowest BCUT2D eigenvalue weighted by Crippen LogP contribution is -2.36. The van der Waals surface area contributed by atoms with Crippen LogP contribution in [0.2, 0.25) is 0 Å². The molecule has 142 valence electrons. The number of benzene rings is 2. The topological polar surface area (TPSA) is 72.4 Å². The lowest BCUT2D eigenvalue weighted by atomic mass is 10.1. The molecule has 0 aromatic heterocycles. The monoisotopic (exact) mass is 369 g/mol. The first kappa shape index (κ1) is 18.7. The minimum absolute atomic E-state index is 0.340. The molecular weight excluding hydrogens is 346 g/mol. The highest BCUT2D eigenvalue weighted by Crippen LogP contribution is 2.25. The van der Waals surface area contributed by atoms with Crippen molar-refractivity contribution in [2.75, 3.05) is 45.4 Å². The van der Waals surface area contributed by atoms with Crippen molar-refractivity contribution >= 4 is 17.8 Å². The minimum atomic E-state index is -0.340. The number of para-hydroxylation sites is 1. The summed E-state index contributed by atoms with van der Waals surface area (Å²) in [4.78, 5) is 14.5. The summed E-state index contributed by atoms with van der Waals surface area (Å²) >= 11 is 0. The van der Waals surface area contributed by atoms with Gasteiger partial charge in [0.2, 0.25) is 0 Å². The first-order chi connectivity index (χ1) is 13.2. The van der Waals surface area contributed by atoms with Crippen molar-refractivity contribution in [3.63, 3.8) is 0 Å². The Labute approximate surface area is 158 Å². The van der Waals surface area contributed by atoms with Crippen LogP contribution < -0.4 is 19.8 Å². The Morgan fingerprint density at radius 3 is 2.59 bits per heavy atom. The smallest absolute Gasteiger partial charge is 0.275 e. The molecule has 2 aromatic carbocycles. The second-order valence-corrected chi connectivity index (χ2v) is 5.93. The number of nitrogens with one attached hydrogen (secondary N) is 1. The zero-order valence-electron chi connectivity index (χ0n) is 15.5. The zero-order valence-corrected chi connectivity index (χ0v) is 15.5. The van der Waals surface area contributed by atoms with Gasteiger partial charge in [-0.2, -0.15) is 5.10 Å². The summed E-state index contributed by atoms with van der Waals surface area (Å²) in [6, 6.07) is 12.9. The maximum Gasteiger partial charge on any atom is 0.275 e. The fourth-order valence-electron chi connectivity index (χ4n) is 2.88. The van der Waals surface area contributed by atoms with Crippen molar-refractivity contribution in [3.8, 4) is 11.5 Å². The Morgan fingerprint density at radius 1 is 1.11 bits per heavy atom. The summed E-state index contributed by atoms with van der Waals surface area (Å²) in [6.45, 7) is 3.15. The van der Waals surface area contributed by atoms with Gasteiger partial charge in [0.05, 0.1) is 39.2 Å². The van der Waals surface area contributed by atoms with Gasteiger partial charge in [-0.25, -0.2) is 5.43 Å². The number of hydrogen-bond acceptors (Lipinski definition) is 6. The number of carbonyl (C=O) groups is 1. The van der Waals surface area contributed by atoms with Gasteiger partial charge >= 0.3 is 0 Å².